The fourth-order valence-electron chi connectivity index (χ4n) is 4.70. The zero-order valence-corrected chi connectivity index (χ0v) is 24.1. The van der Waals surface area contributed by atoms with Crippen molar-refractivity contribution in [2.45, 2.75) is 51.8 Å². The second-order valence-corrected chi connectivity index (χ2v) is 17.4. The minimum absolute atomic E-state index is 0.00347. The highest BCUT2D eigenvalue weighted by atomic mass is 35.5. The van der Waals surface area contributed by atoms with Crippen LogP contribution in [0.3, 0.4) is 0 Å². The molecule has 1 saturated carbocycles. The Hall–Kier alpha value is -3.26. The molecule has 3 aromatic heterocycles. The van der Waals surface area contributed by atoms with Gasteiger partial charge < -0.3 is 14.6 Å². The Morgan fingerprint density at radius 2 is 2.16 bits per heavy atom. The van der Waals surface area contributed by atoms with Gasteiger partial charge in [-0.15, -0.1) is 0 Å². The summed E-state index contributed by atoms with van der Waals surface area (Å²) in [6.07, 6.45) is 4.25. The third-order valence-electron chi connectivity index (χ3n) is 7.10. The third-order valence-corrected chi connectivity index (χ3v) is 9.04. The number of amides is 1. The number of nitriles is 1. The summed E-state index contributed by atoms with van der Waals surface area (Å²) in [5.41, 5.74) is 3.60. The van der Waals surface area contributed by atoms with Crippen molar-refractivity contribution >= 4 is 47.6 Å². The molecular weight excluding hydrogens is 518 g/mol. The van der Waals surface area contributed by atoms with Crippen molar-refractivity contribution in [2.24, 2.45) is 18.9 Å². The smallest absolute Gasteiger partial charge is 0.255 e. The first-order valence-electron chi connectivity index (χ1n) is 12.8. The van der Waals surface area contributed by atoms with E-state index in [9.17, 15) is 10.1 Å². The number of hydrogen-bond donors (Lipinski definition) is 1. The lowest BCUT2D eigenvalue weighted by molar-refractivity contribution is 0.0889. The van der Waals surface area contributed by atoms with E-state index in [1.54, 1.807) is 17.1 Å². The number of carbonyl (C=O) groups is 1. The zero-order valence-electron chi connectivity index (χ0n) is 22.3. The maximum atomic E-state index is 13.4. The van der Waals surface area contributed by atoms with Gasteiger partial charge >= 0.3 is 0 Å². The Morgan fingerprint density at radius 1 is 1.37 bits per heavy atom. The number of aryl methyl sites for hydroxylation is 1. The van der Waals surface area contributed by atoms with Crippen molar-refractivity contribution in [1.29, 1.82) is 5.26 Å². The Bertz CT molecular complexity index is 1570. The Morgan fingerprint density at radius 3 is 2.87 bits per heavy atom. The largest absolute Gasteiger partial charge is 0.361 e. The first-order valence-corrected chi connectivity index (χ1v) is 16.9. The first kappa shape index (κ1) is 26.3. The molecule has 0 saturated heterocycles. The van der Waals surface area contributed by atoms with Crippen LogP contribution >= 0.6 is 11.6 Å². The summed E-state index contributed by atoms with van der Waals surface area (Å²) in [5, 5.41) is 18.5. The molecule has 0 radical (unpaired) electrons. The molecule has 0 bridgehead atoms. The number of benzene rings is 1. The highest BCUT2D eigenvalue weighted by molar-refractivity contribution is 6.76. The van der Waals surface area contributed by atoms with E-state index in [1.165, 1.54) is 0 Å². The lowest BCUT2D eigenvalue weighted by atomic mass is 10.1. The SMILES string of the molecule is C[C@@H](NC(=O)c1cn(COCC[Si](C)(C)C)c2ncc(-c3nn(C)c4cc(Cl)ccc34)nc12)[C@@H]1C[C@@H]1C#N. The molecule has 198 valence electrons. The molecule has 3 heterocycles. The molecule has 3 atom stereocenters. The molecule has 4 aromatic rings. The first-order chi connectivity index (χ1) is 18.1. The van der Waals surface area contributed by atoms with Gasteiger partial charge in [0.05, 0.1) is 29.3 Å². The zero-order chi connectivity index (χ0) is 27.2. The summed E-state index contributed by atoms with van der Waals surface area (Å²) < 4.78 is 9.57. The predicted octanol–water partition coefficient (Wildman–Crippen LogP) is 5.23. The standard InChI is InChI=1S/C27H32ClN7O2Si/c1-16(20-10-17(20)12-29)31-27(36)21-14-35(15-37-8-9-38(3,4)5)26-25(21)32-22(13-30-26)24-19-7-6-18(28)11-23(19)34(2)33-24/h6-7,11,13-14,16-17,20H,8-10,15H2,1-5H3,(H,31,36)/t16-,17-,20+/m1/s1. The van der Waals surface area contributed by atoms with E-state index in [-0.39, 0.29) is 30.5 Å². The number of fused-ring (bicyclic) bond motifs is 2. The number of halogens is 1. The molecule has 38 heavy (non-hydrogen) atoms. The van der Waals surface area contributed by atoms with E-state index in [1.807, 2.05) is 36.7 Å². The van der Waals surface area contributed by atoms with Gasteiger partial charge in [0.25, 0.3) is 5.91 Å². The average molecular weight is 550 g/mol. The fraction of sp³-hybridized carbons (Fsp3) is 0.444. The molecule has 5 rings (SSSR count). The van der Waals surface area contributed by atoms with Crippen molar-refractivity contribution in [3.05, 3.63) is 41.2 Å². The van der Waals surface area contributed by atoms with Crippen molar-refractivity contribution in [1.82, 2.24) is 29.6 Å². The highest BCUT2D eigenvalue weighted by Gasteiger charge is 2.42. The molecule has 1 amide bonds. The van der Waals surface area contributed by atoms with Gasteiger partial charge in [-0.2, -0.15) is 10.4 Å². The van der Waals surface area contributed by atoms with E-state index in [4.69, 9.17) is 26.3 Å². The van der Waals surface area contributed by atoms with Crippen LogP contribution in [0, 0.1) is 23.2 Å². The van der Waals surface area contributed by atoms with Gasteiger partial charge in [0.15, 0.2) is 5.65 Å². The molecule has 9 nitrogen and oxygen atoms in total. The minimum Gasteiger partial charge on any atom is -0.361 e. The van der Waals surface area contributed by atoms with Gasteiger partial charge in [-0.05, 0) is 43.5 Å². The van der Waals surface area contributed by atoms with Crippen LogP contribution in [0.15, 0.2) is 30.6 Å². The van der Waals surface area contributed by atoms with E-state index in [2.05, 4.69) is 36.1 Å². The van der Waals surface area contributed by atoms with Crippen molar-refractivity contribution in [3.63, 3.8) is 0 Å². The number of rotatable bonds is 9. The Kier molecular flexibility index (Phi) is 7.03. The van der Waals surface area contributed by atoms with E-state index >= 15 is 0 Å². The number of nitrogens with one attached hydrogen (secondary N) is 1. The van der Waals surface area contributed by atoms with Gasteiger partial charge in [-0.25, -0.2) is 9.97 Å². The summed E-state index contributed by atoms with van der Waals surface area (Å²) in [5.74, 6) is -0.0599. The molecule has 1 aromatic carbocycles. The van der Waals surface area contributed by atoms with Crippen LogP contribution in [0.25, 0.3) is 33.5 Å². The molecule has 1 aliphatic carbocycles. The summed E-state index contributed by atoms with van der Waals surface area (Å²) >= 11 is 6.20. The minimum atomic E-state index is -1.23. The molecule has 1 fully saturated rings. The van der Waals surface area contributed by atoms with Crippen LogP contribution in [0.4, 0.5) is 0 Å². The molecule has 0 spiro atoms. The van der Waals surface area contributed by atoms with Crippen molar-refractivity contribution in [3.8, 4) is 17.5 Å². The molecule has 11 heteroatoms. The van der Waals surface area contributed by atoms with E-state index in [0.717, 1.165) is 23.4 Å². The van der Waals surface area contributed by atoms with Crippen LogP contribution in [0.2, 0.25) is 30.7 Å². The number of hydrogen-bond acceptors (Lipinski definition) is 6. The van der Waals surface area contributed by atoms with E-state index in [0.29, 0.717) is 39.7 Å². The van der Waals surface area contributed by atoms with Crippen LogP contribution in [-0.4, -0.2) is 50.9 Å². The van der Waals surface area contributed by atoms with Gasteiger partial charge in [-0.3, -0.25) is 9.48 Å². The van der Waals surface area contributed by atoms with E-state index < -0.39 is 8.07 Å². The van der Waals surface area contributed by atoms with Crippen LogP contribution in [-0.2, 0) is 18.5 Å². The summed E-state index contributed by atoms with van der Waals surface area (Å²) in [7, 11) is 0.627. The molecule has 0 aliphatic heterocycles. The summed E-state index contributed by atoms with van der Waals surface area (Å²) in [6.45, 7) is 9.81. The summed E-state index contributed by atoms with van der Waals surface area (Å²) in [4.78, 5) is 23.0. The number of nitrogens with zero attached hydrogens (tertiary/aromatic N) is 6. The number of aromatic nitrogens is 5. The fourth-order valence-corrected chi connectivity index (χ4v) is 5.62. The molecular formula is C27H32ClN7O2Si. The lowest BCUT2D eigenvalue weighted by Gasteiger charge is -2.15. The molecule has 0 unspecified atom stereocenters. The van der Waals surface area contributed by atoms with Crippen LogP contribution in [0.5, 0.6) is 0 Å². The van der Waals surface area contributed by atoms with Gasteiger partial charge in [-0.1, -0.05) is 31.2 Å². The lowest BCUT2D eigenvalue weighted by Crippen LogP contribution is -2.34. The van der Waals surface area contributed by atoms with Crippen molar-refractivity contribution < 1.29 is 9.53 Å². The molecule has 1 N–H and O–H groups in total. The third kappa shape index (κ3) is 5.32. The normalized spacial score (nSPS) is 18.0. The maximum absolute atomic E-state index is 13.4. The maximum Gasteiger partial charge on any atom is 0.255 e. The highest BCUT2D eigenvalue weighted by Crippen LogP contribution is 2.40. The number of ether oxygens (including phenoxy) is 1. The molecule has 1 aliphatic rings. The quantitative estimate of drug-likeness (QED) is 0.226. The van der Waals surface area contributed by atoms with Gasteiger partial charge in [0, 0.05) is 44.4 Å². The Labute approximate surface area is 227 Å². The van der Waals surface area contributed by atoms with Crippen LogP contribution in [0.1, 0.15) is 23.7 Å². The Balaban J connectivity index is 1.50. The van der Waals surface area contributed by atoms with Gasteiger partial charge in [0.1, 0.15) is 23.6 Å². The second-order valence-electron chi connectivity index (χ2n) is 11.3. The number of carbonyl (C=O) groups excluding carboxylic acids is 1. The van der Waals surface area contributed by atoms with Gasteiger partial charge in [0.2, 0.25) is 0 Å². The summed E-state index contributed by atoms with van der Waals surface area (Å²) in [6, 6.07) is 8.83. The monoisotopic (exact) mass is 549 g/mol. The predicted molar refractivity (Wildman–Crippen MR) is 150 cm³/mol. The topological polar surface area (TPSA) is 111 Å². The van der Waals surface area contributed by atoms with Crippen molar-refractivity contribution in [2.75, 3.05) is 6.61 Å². The average Bonchev–Trinajstić information content (AvgIpc) is 3.48. The second kappa shape index (κ2) is 10.1. The van der Waals surface area contributed by atoms with Crippen LogP contribution < -0.4 is 5.32 Å².